The highest BCUT2D eigenvalue weighted by Gasteiger charge is 2.16. The van der Waals surface area contributed by atoms with Crippen molar-refractivity contribution < 1.29 is 9.53 Å². The summed E-state index contributed by atoms with van der Waals surface area (Å²) in [6.07, 6.45) is -0.475. The Morgan fingerprint density at radius 1 is 0.811 bits per heavy atom. The number of aromatic nitrogens is 1. The van der Waals surface area contributed by atoms with Gasteiger partial charge in [-0.2, -0.15) is 0 Å². The molecule has 0 spiro atoms. The van der Waals surface area contributed by atoms with Gasteiger partial charge in [-0.15, -0.1) is 0 Å². The van der Waals surface area contributed by atoms with Crippen LogP contribution < -0.4 is 5.32 Å². The maximum Gasteiger partial charge on any atom is 0.407 e. The molecule has 1 atom stereocenters. The molecule has 5 rings (SSSR count). The van der Waals surface area contributed by atoms with Crippen LogP contribution in [0.2, 0.25) is 0 Å². The molecule has 0 fully saturated rings. The van der Waals surface area contributed by atoms with Gasteiger partial charge in [-0.3, -0.25) is 0 Å². The van der Waals surface area contributed by atoms with Gasteiger partial charge in [0.05, 0.1) is 17.3 Å². The fourth-order valence-electron chi connectivity index (χ4n) is 4.22. The fourth-order valence-corrected chi connectivity index (χ4v) is 4.22. The zero-order valence-corrected chi connectivity index (χ0v) is 20.5. The van der Waals surface area contributed by atoms with Crippen LogP contribution >= 0.6 is 0 Å². The quantitative estimate of drug-likeness (QED) is 0.244. The lowest BCUT2D eigenvalue weighted by molar-refractivity contribution is 0.136. The molecule has 0 unspecified atom stereocenters. The zero-order chi connectivity index (χ0) is 25.5. The summed E-state index contributed by atoms with van der Waals surface area (Å²) in [7, 11) is 0. The van der Waals surface area contributed by atoms with E-state index in [2.05, 4.69) is 5.32 Å². The molecule has 0 aliphatic rings. The second-order valence-corrected chi connectivity index (χ2v) is 8.71. The van der Waals surface area contributed by atoms with Gasteiger partial charge in [0.15, 0.2) is 5.82 Å². The predicted octanol–water partition coefficient (Wildman–Crippen LogP) is 7.39. The summed E-state index contributed by atoms with van der Waals surface area (Å²) in [6.45, 7) is 2.15. The minimum absolute atomic E-state index is 0.212. The summed E-state index contributed by atoms with van der Waals surface area (Å²) in [4.78, 5) is 22.4. The van der Waals surface area contributed by atoms with Crippen LogP contribution in [0.25, 0.3) is 10.9 Å². The molecule has 0 aliphatic carbocycles. The molecule has 5 nitrogen and oxygen atoms in total. The maximum absolute atomic E-state index is 12.6. The summed E-state index contributed by atoms with van der Waals surface area (Å²) in [5.74, 6) is 0.572. The number of aliphatic imine (C=N–C) groups is 1. The number of alkyl carbamates (subject to hydrolysis) is 1. The van der Waals surface area contributed by atoms with Crippen molar-refractivity contribution in [3.63, 3.8) is 0 Å². The van der Waals surface area contributed by atoms with Crippen LogP contribution in [0.1, 0.15) is 35.2 Å². The first-order valence-corrected chi connectivity index (χ1v) is 12.2. The van der Waals surface area contributed by atoms with Crippen molar-refractivity contribution in [1.29, 1.82) is 0 Å². The van der Waals surface area contributed by atoms with Crippen LogP contribution in [-0.2, 0) is 11.3 Å². The zero-order valence-electron chi connectivity index (χ0n) is 20.5. The molecule has 4 aromatic carbocycles. The molecule has 1 heterocycles. The van der Waals surface area contributed by atoms with E-state index in [0.29, 0.717) is 5.82 Å². The number of nitrogens with zero attached hydrogens (tertiary/aromatic N) is 2. The Bertz CT molecular complexity index is 1480. The SMILES string of the molecule is C[C@@H](NC(=O)OCc1ccccc1)c1cc(N=C(c2ccccc2)c2ccccc2)nc2ccccc12. The first-order chi connectivity index (χ1) is 18.2. The molecule has 0 radical (unpaired) electrons. The number of pyridine rings is 1. The van der Waals surface area contributed by atoms with E-state index in [1.54, 1.807) is 0 Å². The van der Waals surface area contributed by atoms with Crippen LogP contribution in [0.15, 0.2) is 126 Å². The molecule has 0 aliphatic heterocycles. The Morgan fingerprint density at radius 3 is 2.03 bits per heavy atom. The summed E-state index contributed by atoms with van der Waals surface area (Å²) in [5.41, 5.74) is 5.50. The number of nitrogens with one attached hydrogen (secondary N) is 1. The minimum atomic E-state index is -0.475. The topological polar surface area (TPSA) is 63.6 Å². The smallest absolute Gasteiger partial charge is 0.407 e. The highest BCUT2D eigenvalue weighted by atomic mass is 16.5. The molecular weight excluding hydrogens is 458 g/mol. The molecule has 5 aromatic rings. The number of hydrogen-bond donors (Lipinski definition) is 1. The van der Waals surface area contributed by atoms with E-state index in [4.69, 9.17) is 14.7 Å². The molecule has 0 bridgehead atoms. The number of amides is 1. The molecule has 37 heavy (non-hydrogen) atoms. The van der Waals surface area contributed by atoms with Crippen molar-refractivity contribution in [2.45, 2.75) is 19.6 Å². The monoisotopic (exact) mass is 485 g/mol. The number of para-hydroxylation sites is 1. The number of benzene rings is 4. The van der Waals surface area contributed by atoms with E-state index in [1.165, 1.54) is 0 Å². The number of hydrogen-bond acceptors (Lipinski definition) is 4. The van der Waals surface area contributed by atoms with Crippen molar-refractivity contribution in [2.24, 2.45) is 4.99 Å². The summed E-state index contributed by atoms with van der Waals surface area (Å²) < 4.78 is 5.45. The number of carbonyl (C=O) groups excluding carboxylic acids is 1. The van der Waals surface area contributed by atoms with Gasteiger partial charge < -0.3 is 10.1 Å². The van der Waals surface area contributed by atoms with Crippen LogP contribution in [-0.4, -0.2) is 16.8 Å². The first-order valence-electron chi connectivity index (χ1n) is 12.2. The molecule has 0 saturated carbocycles. The Balaban J connectivity index is 1.48. The van der Waals surface area contributed by atoms with E-state index >= 15 is 0 Å². The lowest BCUT2D eigenvalue weighted by atomic mass is 10.0. The average molecular weight is 486 g/mol. The Hall–Kier alpha value is -4.77. The van der Waals surface area contributed by atoms with E-state index in [1.807, 2.05) is 128 Å². The van der Waals surface area contributed by atoms with E-state index in [9.17, 15) is 4.79 Å². The second kappa shape index (κ2) is 11.3. The van der Waals surface area contributed by atoms with Gasteiger partial charge in [0, 0.05) is 16.5 Å². The maximum atomic E-state index is 12.6. The van der Waals surface area contributed by atoms with Gasteiger partial charge in [-0.1, -0.05) is 109 Å². The number of ether oxygens (including phenoxy) is 1. The highest BCUT2D eigenvalue weighted by Crippen LogP contribution is 2.28. The van der Waals surface area contributed by atoms with Crippen molar-refractivity contribution in [3.8, 4) is 0 Å². The van der Waals surface area contributed by atoms with Crippen molar-refractivity contribution in [1.82, 2.24) is 10.3 Å². The van der Waals surface area contributed by atoms with Crippen molar-refractivity contribution in [3.05, 3.63) is 144 Å². The van der Waals surface area contributed by atoms with Crippen molar-refractivity contribution >= 4 is 28.5 Å². The Labute approximate surface area is 216 Å². The van der Waals surface area contributed by atoms with E-state index in [0.717, 1.165) is 38.9 Å². The third-order valence-electron chi connectivity index (χ3n) is 6.07. The van der Waals surface area contributed by atoms with E-state index < -0.39 is 6.09 Å². The first kappa shape index (κ1) is 23.9. The molecule has 182 valence electrons. The molecule has 0 saturated heterocycles. The van der Waals surface area contributed by atoms with Crippen LogP contribution in [0.3, 0.4) is 0 Å². The molecule has 1 amide bonds. The predicted molar refractivity (Wildman–Crippen MR) is 148 cm³/mol. The largest absolute Gasteiger partial charge is 0.445 e. The van der Waals surface area contributed by atoms with E-state index in [-0.39, 0.29) is 12.6 Å². The van der Waals surface area contributed by atoms with Gasteiger partial charge in [-0.05, 0) is 30.2 Å². The third kappa shape index (κ3) is 5.90. The lowest BCUT2D eigenvalue weighted by Gasteiger charge is -2.17. The second-order valence-electron chi connectivity index (χ2n) is 8.71. The highest BCUT2D eigenvalue weighted by molar-refractivity contribution is 6.13. The van der Waals surface area contributed by atoms with Gasteiger partial charge in [-0.25, -0.2) is 14.8 Å². The average Bonchev–Trinajstić information content (AvgIpc) is 2.96. The van der Waals surface area contributed by atoms with Gasteiger partial charge in [0.2, 0.25) is 0 Å². The minimum Gasteiger partial charge on any atom is -0.445 e. The third-order valence-corrected chi connectivity index (χ3v) is 6.07. The molecule has 1 N–H and O–H groups in total. The summed E-state index contributed by atoms with van der Waals surface area (Å²) in [5, 5.41) is 3.92. The number of rotatable bonds is 7. The van der Waals surface area contributed by atoms with Gasteiger partial charge in [0.25, 0.3) is 0 Å². The Kier molecular flexibility index (Phi) is 7.32. The Morgan fingerprint density at radius 2 is 1.38 bits per heavy atom. The van der Waals surface area contributed by atoms with Crippen LogP contribution in [0.5, 0.6) is 0 Å². The number of fused-ring (bicyclic) bond motifs is 1. The standard InChI is InChI=1S/C32H27N3O2/c1-23(33-32(36)37-22-24-13-5-2-6-14-24)28-21-30(34-29-20-12-11-19-27(28)29)35-31(25-15-7-3-8-16-25)26-17-9-4-10-18-26/h2-21,23H,22H2,1H3,(H,33,36)/t23-/m1/s1. The normalized spacial score (nSPS) is 11.5. The van der Waals surface area contributed by atoms with Gasteiger partial charge >= 0.3 is 6.09 Å². The lowest BCUT2D eigenvalue weighted by Crippen LogP contribution is -2.27. The van der Waals surface area contributed by atoms with Crippen LogP contribution in [0, 0.1) is 0 Å². The summed E-state index contributed by atoms with van der Waals surface area (Å²) in [6, 6.07) is 39.3. The molecule has 1 aromatic heterocycles. The van der Waals surface area contributed by atoms with Gasteiger partial charge in [0.1, 0.15) is 6.61 Å². The van der Waals surface area contributed by atoms with Crippen molar-refractivity contribution in [2.75, 3.05) is 0 Å². The molecular formula is C32H27N3O2. The van der Waals surface area contributed by atoms with Crippen LogP contribution in [0.4, 0.5) is 10.6 Å². The summed E-state index contributed by atoms with van der Waals surface area (Å²) >= 11 is 0. The number of carbonyl (C=O) groups is 1. The molecule has 5 heteroatoms. The fraction of sp³-hybridized carbons (Fsp3) is 0.0938.